The summed E-state index contributed by atoms with van der Waals surface area (Å²) in [4.78, 5) is 42.6. The Labute approximate surface area is 174 Å². The molecule has 0 fully saturated rings. The minimum absolute atomic E-state index is 0.151. The molecule has 0 unspecified atom stereocenters. The molecule has 30 heavy (non-hydrogen) atoms. The summed E-state index contributed by atoms with van der Waals surface area (Å²) in [6.07, 6.45) is 0. The first-order valence-electron chi connectivity index (χ1n) is 9.47. The lowest BCUT2D eigenvalue weighted by Crippen LogP contribution is -2.37. The van der Waals surface area contributed by atoms with Gasteiger partial charge in [0.2, 0.25) is 5.91 Å². The van der Waals surface area contributed by atoms with Gasteiger partial charge in [0.15, 0.2) is 6.61 Å². The average molecular weight is 405 g/mol. The number of likely N-dealkylation sites (N-methyl/N-ethyl adjacent to an activating group) is 1. The highest BCUT2D eigenvalue weighted by molar-refractivity contribution is 6.04. The van der Waals surface area contributed by atoms with Crippen LogP contribution in [-0.4, -0.2) is 47.9 Å². The highest BCUT2D eigenvalue weighted by Gasteiger charge is 2.18. The first-order valence-corrected chi connectivity index (χ1v) is 9.47. The number of pyridine rings is 1. The molecular weight excluding hydrogens is 382 g/mol. The lowest BCUT2D eigenvalue weighted by atomic mass is 10.1. The van der Waals surface area contributed by atoms with Gasteiger partial charge >= 0.3 is 5.97 Å². The van der Waals surface area contributed by atoms with E-state index in [-0.39, 0.29) is 12.5 Å². The van der Waals surface area contributed by atoms with E-state index in [0.29, 0.717) is 27.8 Å². The molecule has 0 aliphatic heterocycles. The Morgan fingerprint density at radius 3 is 2.47 bits per heavy atom. The number of amides is 2. The van der Waals surface area contributed by atoms with Gasteiger partial charge < -0.3 is 15.0 Å². The van der Waals surface area contributed by atoms with Crippen LogP contribution in [0, 0.1) is 13.8 Å². The Kier molecular flexibility index (Phi) is 6.41. The van der Waals surface area contributed by atoms with Crippen LogP contribution in [0.4, 0.5) is 5.69 Å². The number of ether oxygens (including phenoxy) is 1. The van der Waals surface area contributed by atoms with Gasteiger partial charge in [0.25, 0.3) is 5.91 Å². The first kappa shape index (κ1) is 21.0. The number of anilines is 1. The van der Waals surface area contributed by atoms with E-state index >= 15 is 0 Å². The Hall–Kier alpha value is -3.74. The zero-order valence-electron chi connectivity index (χ0n) is 17.1. The van der Waals surface area contributed by atoms with Crippen LogP contribution < -0.4 is 5.32 Å². The third-order valence-electron chi connectivity index (χ3n) is 4.53. The van der Waals surface area contributed by atoms with Gasteiger partial charge in [-0.3, -0.25) is 14.6 Å². The number of fused-ring (bicyclic) bond motifs is 1. The molecule has 154 valence electrons. The van der Waals surface area contributed by atoms with E-state index in [4.69, 9.17) is 4.74 Å². The van der Waals surface area contributed by atoms with Crippen molar-refractivity contribution in [2.24, 2.45) is 0 Å². The fourth-order valence-corrected chi connectivity index (χ4v) is 2.93. The molecule has 0 saturated carbocycles. The SMILES string of the molecule is Cc1ccc(NC(=O)CN(C)C(=O)COC(=O)c2cc(C)nc3ccccc23)cc1. The minimum Gasteiger partial charge on any atom is -0.452 e. The van der Waals surface area contributed by atoms with Crippen molar-refractivity contribution in [2.45, 2.75) is 13.8 Å². The summed E-state index contributed by atoms with van der Waals surface area (Å²) in [5, 5.41) is 3.38. The van der Waals surface area contributed by atoms with Crippen LogP contribution in [0.15, 0.2) is 54.6 Å². The summed E-state index contributed by atoms with van der Waals surface area (Å²) in [5.41, 5.74) is 3.44. The van der Waals surface area contributed by atoms with E-state index in [1.54, 1.807) is 31.2 Å². The van der Waals surface area contributed by atoms with Crippen molar-refractivity contribution in [1.29, 1.82) is 0 Å². The monoisotopic (exact) mass is 405 g/mol. The fourth-order valence-electron chi connectivity index (χ4n) is 2.93. The third kappa shape index (κ3) is 5.20. The molecule has 1 heterocycles. The van der Waals surface area contributed by atoms with Crippen LogP contribution >= 0.6 is 0 Å². The zero-order chi connectivity index (χ0) is 21.7. The molecule has 0 saturated heterocycles. The number of hydrogen-bond donors (Lipinski definition) is 1. The molecule has 0 aliphatic carbocycles. The van der Waals surface area contributed by atoms with E-state index in [1.807, 2.05) is 37.3 Å². The van der Waals surface area contributed by atoms with Crippen molar-refractivity contribution in [3.63, 3.8) is 0 Å². The smallest absolute Gasteiger partial charge is 0.339 e. The van der Waals surface area contributed by atoms with Crippen LogP contribution in [0.25, 0.3) is 10.9 Å². The normalized spacial score (nSPS) is 10.5. The molecular formula is C23H23N3O4. The van der Waals surface area contributed by atoms with Crippen LogP contribution in [-0.2, 0) is 14.3 Å². The van der Waals surface area contributed by atoms with Gasteiger partial charge in [0.05, 0.1) is 17.6 Å². The summed E-state index contributed by atoms with van der Waals surface area (Å²) in [7, 11) is 1.48. The van der Waals surface area contributed by atoms with Gasteiger partial charge in [-0.2, -0.15) is 0 Å². The molecule has 2 amide bonds. The van der Waals surface area contributed by atoms with Crippen molar-refractivity contribution in [1.82, 2.24) is 9.88 Å². The molecule has 1 N–H and O–H groups in total. The second kappa shape index (κ2) is 9.17. The van der Waals surface area contributed by atoms with Gasteiger partial charge in [0.1, 0.15) is 0 Å². The van der Waals surface area contributed by atoms with Crippen molar-refractivity contribution in [3.8, 4) is 0 Å². The summed E-state index contributed by atoms with van der Waals surface area (Å²) in [5.74, 6) is -1.42. The zero-order valence-corrected chi connectivity index (χ0v) is 17.1. The molecule has 0 aliphatic rings. The fraction of sp³-hybridized carbons (Fsp3) is 0.217. The average Bonchev–Trinajstić information content (AvgIpc) is 2.72. The van der Waals surface area contributed by atoms with Gasteiger partial charge in [-0.15, -0.1) is 0 Å². The predicted molar refractivity (Wildman–Crippen MR) is 114 cm³/mol. The summed E-state index contributed by atoms with van der Waals surface area (Å²) < 4.78 is 5.20. The molecule has 0 spiro atoms. The number of carbonyl (C=O) groups excluding carboxylic acids is 3. The number of aromatic nitrogens is 1. The summed E-state index contributed by atoms with van der Waals surface area (Å²) >= 11 is 0. The molecule has 7 nitrogen and oxygen atoms in total. The maximum atomic E-state index is 12.5. The Morgan fingerprint density at radius 1 is 1.03 bits per heavy atom. The molecule has 2 aromatic carbocycles. The van der Waals surface area contributed by atoms with Crippen LogP contribution in [0.1, 0.15) is 21.6 Å². The number of nitrogens with one attached hydrogen (secondary N) is 1. The molecule has 7 heteroatoms. The second-order valence-corrected chi connectivity index (χ2v) is 7.07. The third-order valence-corrected chi connectivity index (χ3v) is 4.53. The number of rotatable bonds is 6. The van der Waals surface area contributed by atoms with E-state index in [2.05, 4.69) is 10.3 Å². The van der Waals surface area contributed by atoms with Gasteiger partial charge in [-0.1, -0.05) is 35.9 Å². The van der Waals surface area contributed by atoms with Crippen LogP contribution in [0.3, 0.4) is 0 Å². The Bertz CT molecular complexity index is 1090. The van der Waals surface area contributed by atoms with Gasteiger partial charge in [-0.05, 0) is 38.1 Å². The number of aryl methyl sites for hydroxylation is 2. The molecule has 0 atom stereocenters. The predicted octanol–water partition coefficient (Wildman–Crippen LogP) is 3.11. The maximum absolute atomic E-state index is 12.5. The number of esters is 1. The van der Waals surface area contributed by atoms with E-state index in [9.17, 15) is 14.4 Å². The number of nitrogens with zero attached hydrogens (tertiary/aromatic N) is 2. The molecule has 0 radical (unpaired) electrons. The standard InChI is InChI=1S/C23H23N3O4/c1-15-8-10-17(11-9-15)25-21(27)13-26(3)22(28)14-30-23(29)19-12-16(2)24-20-7-5-4-6-18(19)20/h4-12H,13-14H2,1-3H3,(H,25,27). The number of carbonyl (C=O) groups is 3. The van der Waals surface area contributed by atoms with Gasteiger partial charge in [-0.25, -0.2) is 4.79 Å². The van der Waals surface area contributed by atoms with Crippen molar-refractivity contribution in [2.75, 3.05) is 25.5 Å². The second-order valence-electron chi connectivity index (χ2n) is 7.07. The number of hydrogen-bond acceptors (Lipinski definition) is 5. The number of benzene rings is 2. The molecule has 1 aromatic heterocycles. The van der Waals surface area contributed by atoms with Crippen molar-refractivity contribution < 1.29 is 19.1 Å². The molecule has 3 aromatic rings. The van der Waals surface area contributed by atoms with Gasteiger partial charge in [0, 0.05) is 23.8 Å². The quantitative estimate of drug-likeness (QED) is 0.637. The lowest BCUT2D eigenvalue weighted by molar-refractivity contribution is -0.136. The summed E-state index contributed by atoms with van der Waals surface area (Å²) in [6, 6.07) is 16.2. The van der Waals surface area contributed by atoms with E-state index in [1.165, 1.54) is 11.9 Å². The summed E-state index contributed by atoms with van der Waals surface area (Å²) in [6.45, 7) is 3.13. The van der Waals surface area contributed by atoms with Crippen LogP contribution in [0.2, 0.25) is 0 Å². The Morgan fingerprint density at radius 2 is 1.73 bits per heavy atom. The van der Waals surface area contributed by atoms with Crippen LogP contribution in [0.5, 0.6) is 0 Å². The Balaban J connectivity index is 1.56. The molecule has 0 bridgehead atoms. The first-order chi connectivity index (χ1) is 14.3. The topological polar surface area (TPSA) is 88.6 Å². The van der Waals surface area contributed by atoms with Crippen molar-refractivity contribution >= 4 is 34.4 Å². The highest BCUT2D eigenvalue weighted by atomic mass is 16.5. The van der Waals surface area contributed by atoms with E-state index < -0.39 is 18.5 Å². The molecule has 3 rings (SSSR count). The lowest BCUT2D eigenvalue weighted by Gasteiger charge is -2.17. The number of para-hydroxylation sites is 1. The minimum atomic E-state index is -0.609. The maximum Gasteiger partial charge on any atom is 0.339 e. The largest absolute Gasteiger partial charge is 0.452 e. The van der Waals surface area contributed by atoms with E-state index in [0.717, 1.165) is 5.56 Å². The highest BCUT2D eigenvalue weighted by Crippen LogP contribution is 2.19. The van der Waals surface area contributed by atoms with Crippen molar-refractivity contribution in [3.05, 3.63) is 71.4 Å².